The number of anilines is 1. The van der Waals surface area contributed by atoms with Crippen LogP contribution < -0.4 is 16.0 Å². The third kappa shape index (κ3) is 4.96. The van der Waals surface area contributed by atoms with Gasteiger partial charge in [0.15, 0.2) is 0 Å². The fraction of sp³-hybridized carbons (Fsp3) is 0.556. The Morgan fingerprint density at radius 2 is 1.92 bits per heavy atom. The molecule has 1 saturated heterocycles. The van der Waals surface area contributed by atoms with Crippen molar-refractivity contribution in [2.24, 2.45) is 5.92 Å². The molecule has 1 saturated carbocycles. The molecule has 130 valence electrons. The molecule has 3 N–H and O–H groups in total. The SMILES string of the molecule is CN1CCCC(CNC(=O)Nc2ccc(C(=O)NC3CC3)cc2)C1. The molecule has 0 spiro atoms. The number of nitrogens with one attached hydrogen (secondary N) is 3. The van der Waals surface area contributed by atoms with Gasteiger partial charge in [-0.1, -0.05) is 0 Å². The van der Waals surface area contributed by atoms with Crippen molar-refractivity contribution in [2.75, 3.05) is 32.0 Å². The fourth-order valence-corrected chi connectivity index (χ4v) is 3.05. The first-order valence-electron chi connectivity index (χ1n) is 8.74. The maximum Gasteiger partial charge on any atom is 0.319 e. The number of rotatable bonds is 5. The fourth-order valence-electron chi connectivity index (χ4n) is 3.05. The van der Waals surface area contributed by atoms with Gasteiger partial charge in [-0.2, -0.15) is 0 Å². The zero-order valence-electron chi connectivity index (χ0n) is 14.2. The highest BCUT2D eigenvalue weighted by molar-refractivity contribution is 5.95. The van der Waals surface area contributed by atoms with Crippen molar-refractivity contribution in [3.8, 4) is 0 Å². The van der Waals surface area contributed by atoms with Crippen molar-refractivity contribution in [1.29, 1.82) is 0 Å². The highest BCUT2D eigenvalue weighted by atomic mass is 16.2. The van der Waals surface area contributed by atoms with Crippen LogP contribution in [0.3, 0.4) is 0 Å². The topological polar surface area (TPSA) is 73.5 Å². The number of hydrogen-bond donors (Lipinski definition) is 3. The smallest absolute Gasteiger partial charge is 0.319 e. The second-order valence-electron chi connectivity index (χ2n) is 6.93. The number of piperidine rings is 1. The van der Waals surface area contributed by atoms with Crippen LogP contribution in [0.5, 0.6) is 0 Å². The molecule has 24 heavy (non-hydrogen) atoms. The van der Waals surface area contributed by atoms with Crippen molar-refractivity contribution < 1.29 is 9.59 Å². The minimum absolute atomic E-state index is 0.0464. The summed E-state index contributed by atoms with van der Waals surface area (Å²) in [6.45, 7) is 2.87. The third-order valence-corrected chi connectivity index (χ3v) is 4.59. The summed E-state index contributed by atoms with van der Waals surface area (Å²) in [6, 6.07) is 7.15. The van der Waals surface area contributed by atoms with Gasteiger partial charge in [0.2, 0.25) is 0 Å². The zero-order chi connectivity index (χ0) is 16.9. The Bertz CT molecular complexity index is 583. The van der Waals surface area contributed by atoms with E-state index in [1.54, 1.807) is 24.3 Å². The van der Waals surface area contributed by atoms with Crippen LogP contribution in [-0.4, -0.2) is 49.6 Å². The van der Waals surface area contributed by atoms with E-state index in [1.165, 1.54) is 6.42 Å². The van der Waals surface area contributed by atoms with E-state index >= 15 is 0 Å². The normalized spacial score (nSPS) is 21.1. The Morgan fingerprint density at radius 3 is 2.58 bits per heavy atom. The van der Waals surface area contributed by atoms with E-state index < -0.39 is 0 Å². The van der Waals surface area contributed by atoms with Crippen molar-refractivity contribution in [3.05, 3.63) is 29.8 Å². The molecular formula is C18H26N4O2. The van der Waals surface area contributed by atoms with Gasteiger partial charge in [-0.05, 0) is 69.5 Å². The molecule has 2 fully saturated rings. The largest absolute Gasteiger partial charge is 0.349 e. The molecular weight excluding hydrogens is 304 g/mol. The van der Waals surface area contributed by atoms with Crippen LogP contribution in [0.4, 0.5) is 10.5 Å². The van der Waals surface area contributed by atoms with Crippen LogP contribution in [0.15, 0.2) is 24.3 Å². The highest BCUT2D eigenvalue weighted by Gasteiger charge is 2.23. The number of benzene rings is 1. The summed E-state index contributed by atoms with van der Waals surface area (Å²) in [6.07, 6.45) is 4.49. The van der Waals surface area contributed by atoms with Gasteiger partial charge >= 0.3 is 6.03 Å². The molecule has 1 aromatic carbocycles. The number of likely N-dealkylation sites (tertiary alicyclic amines) is 1. The quantitative estimate of drug-likeness (QED) is 0.773. The molecule has 6 heteroatoms. The summed E-state index contributed by atoms with van der Waals surface area (Å²) in [5.41, 5.74) is 1.31. The van der Waals surface area contributed by atoms with E-state index in [0.29, 0.717) is 29.8 Å². The summed E-state index contributed by atoms with van der Waals surface area (Å²) in [4.78, 5) is 26.2. The third-order valence-electron chi connectivity index (χ3n) is 4.59. The maximum absolute atomic E-state index is 12.0. The van der Waals surface area contributed by atoms with Crippen LogP contribution in [0.1, 0.15) is 36.0 Å². The van der Waals surface area contributed by atoms with Crippen LogP contribution in [0.2, 0.25) is 0 Å². The Labute approximate surface area is 143 Å². The average molecular weight is 330 g/mol. The number of carbonyl (C=O) groups excluding carboxylic acids is 2. The number of amides is 3. The highest BCUT2D eigenvalue weighted by Crippen LogP contribution is 2.19. The van der Waals surface area contributed by atoms with E-state index in [1.807, 2.05) is 0 Å². The molecule has 2 aliphatic rings. The van der Waals surface area contributed by atoms with Gasteiger partial charge in [0.25, 0.3) is 5.91 Å². The summed E-state index contributed by atoms with van der Waals surface area (Å²) >= 11 is 0. The van der Waals surface area contributed by atoms with Crippen LogP contribution in [0, 0.1) is 5.92 Å². The second kappa shape index (κ2) is 7.66. The van der Waals surface area contributed by atoms with E-state index in [0.717, 1.165) is 32.4 Å². The van der Waals surface area contributed by atoms with E-state index in [9.17, 15) is 9.59 Å². The van der Waals surface area contributed by atoms with Crippen molar-refractivity contribution >= 4 is 17.6 Å². The second-order valence-corrected chi connectivity index (χ2v) is 6.93. The zero-order valence-corrected chi connectivity index (χ0v) is 14.2. The van der Waals surface area contributed by atoms with Gasteiger partial charge in [0, 0.05) is 30.4 Å². The lowest BCUT2D eigenvalue weighted by Gasteiger charge is -2.29. The Balaban J connectivity index is 1.43. The lowest BCUT2D eigenvalue weighted by molar-refractivity contribution is 0.0951. The predicted octanol–water partition coefficient (Wildman–Crippen LogP) is 2.04. The van der Waals surface area contributed by atoms with Crippen molar-refractivity contribution in [3.63, 3.8) is 0 Å². The van der Waals surface area contributed by atoms with E-state index in [4.69, 9.17) is 0 Å². The molecule has 1 unspecified atom stereocenters. The van der Waals surface area contributed by atoms with Gasteiger partial charge in [-0.25, -0.2) is 4.79 Å². The molecule has 1 heterocycles. The lowest BCUT2D eigenvalue weighted by Crippen LogP contribution is -2.40. The standard InChI is InChI=1S/C18H26N4O2/c1-22-10-2-3-13(12-22)11-19-18(24)21-16-6-4-14(5-7-16)17(23)20-15-8-9-15/h4-7,13,15H,2-3,8-12H2,1H3,(H,20,23)(H2,19,21,24). The predicted molar refractivity (Wildman–Crippen MR) is 94.2 cm³/mol. The number of urea groups is 1. The molecule has 1 aromatic rings. The minimum atomic E-state index is -0.196. The Kier molecular flexibility index (Phi) is 5.35. The van der Waals surface area contributed by atoms with Crippen LogP contribution >= 0.6 is 0 Å². The molecule has 1 aliphatic heterocycles. The van der Waals surface area contributed by atoms with Crippen molar-refractivity contribution in [1.82, 2.24) is 15.5 Å². The summed E-state index contributed by atoms with van der Waals surface area (Å²) in [5.74, 6) is 0.470. The molecule has 0 bridgehead atoms. The Morgan fingerprint density at radius 1 is 1.17 bits per heavy atom. The lowest BCUT2D eigenvalue weighted by atomic mass is 9.99. The molecule has 0 radical (unpaired) electrons. The van der Waals surface area contributed by atoms with Crippen LogP contribution in [0.25, 0.3) is 0 Å². The molecule has 6 nitrogen and oxygen atoms in total. The number of carbonyl (C=O) groups is 2. The van der Waals surface area contributed by atoms with E-state index in [-0.39, 0.29) is 11.9 Å². The molecule has 3 amide bonds. The molecule has 1 aliphatic carbocycles. The first-order valence-corrected chi connectivity index (χ1v) is 8.74. The maximum atomic E-state index is 12.0. The monoisotopic (exact) mass is 330 g/mol. The van der Waals surface area contributed by atoms with Gasteiger partial charge in [0.05, 0.1) is 0 Å². The first kappa shape index (κ1) is 16.8. The average Bonchev–Trinajstić information content (AvgIpc) is 3.38. The van der Waals surface area contributed by atoms with Gasteiger partial charge in [-0.3, -0.25) is 4.79 Å². The molecule has 0 aromatic heterocycles. The summed E-state index contributed by atoms with van der Waals surface area (Å²) in [7, 11) is 2.12. The van der Waals surface area contributed by atoms with Crippen molar-refractivity contribution in [2.45, 2.75) is 31.7 Å². The first-order chi connectivity index (χ1) is 11.6. The summed E-state index contributed by atoms with van der Waals surface area (Å²) in [5, 5.41) is 8.70. The number of hydrogen-bond acceptors (Lipinski definition) is 3. The minimum Gasteiger partial charge on any atom is -0.349 e. The van der Waals surface area contributed by atoms with Gasteiger partial charge in [-0.15, -0.1) is 0 Å². The van der Waals surface area contributed by atoms with Crippen LogP contribution in [-0.2, 0) is 0 Å². The number of nitrogens with zero attached hydrogens (tertiary/aromatic N) is 1. The molecule has 3 rings (SSSR count). The summed E-state index contributed by atoms with van der Waals surface area (Å²) < 4.78 is 0. The molecule has 1 atom stereocenters. The van der Waals surface area contributed by atoms with Gasteiger partial charge in [0.1, 0.15) is 0 Å². The Hall–Kier alpha value is -2.08. The van der Waals surface area contributed by atoms with Gasteiger partial charge < -0.3 is 20.9 Å². The van der Waals surface area contributed by atoms with E-state index in [2.05, 4.69) is 27.9 Å².